The normalized spacial score (nSPS) is 12.3. The van der Waals surface area contributed by atoms with Crippen LogP contribution in [0.4, 0.5) is 0 Å². The Labute approximate surface area is 178 Å². The van der Waals surface area contributed by atoms with E-state index in [9.17, 15) is 9.59 Å². The van der Waals surface area contributed by atoms with Crippen molar-refractivity contribution in [1.82, 2.24) is 14.9 Å². The molecule has 1 N–H and O–H groups in total. The Balaban J connectivity index is 2.07. The minimum atomic E-state index is -0.366. The second kappa shape index (κ2) is 8.97. The summed E-state index contributed by atoms with van der Waals surface area (Å²) in [5, 5.41) is 5.66. The molecular formula is C22H25N3O2S2. The maximum Gasteiger partial charge on any atom is 0.263 e. The number of fused-ring (bicyclic) bond motifs is 1. The number of nitrogens with one attached hydrogen (secondary N) is 1. The van der Waals surface area contributed by atoms with E-state index < -0.39 is 0 Å². The monoisotopic (exact) mass is 427 g/mol. The number of aromatic nitrogens is 2. The smallest absolute Gasteiger partial charge is 0.263 e. The molecule has 7 heteroatoms. The molecule has 5 nitrogen and oxygen atoms in total. The molecule has 3 rings (SSSR count). The standard InChI is InChI=1S/C22H25N3O2S2/c1-6-11-25-21(27)18-17(16-9-7-14(4)8-10-16)12-28-20(18)24-22(25)29-15(5)19(26)23-13(2)3/h6-10,12-13,15H,1,11H2,2-5H3,(H,23,26). The lowest BCUT2D eigenvalue weighted by atomic mass is 10.1. The molecular weight excluding hydrogens is 402 g/mol. The molecule has 2 aromatic heterocycles. The van der Waals surface area contributed by atoms with Gasteiger partial charge in [-0.15, -0.1) is 17.9 Å². The van der Waals surface area contributed by atoms with Crippen molar-refractivity contribution in [2.75, 3.05) is 0 Å². The fraction of sp³-hybridized carbons (Fsp3) is 0.318. The Hall–Kier alpha value is -2.38. The summed E-state index contributed by atoms with van der Waals surface area (Å²) >= 11 is 2.75. The first-order valence-electron chi connectivity index (χ1n) is 9.48. The van der Waals surface area contributed by atoms with E-state index in [1.165, 1.54) is 28.7 Å². The van der Waals surface area contributed by atoms with Gasteiger partial charge in [0, 0.05) is 23.5 Å². The molecule has 0 bridgehead atoms. The van der Waals surface area contributed by atoms with Crippen molar-refractivity contribution in [2.24, 2.45) is 0 Å². The van der Waals surface area contributed by atoms with Crippen molar-refractivity contribution in [3.05, 3.63) is 58.2 Å². The summed E-state index contributed by atoms with van der Waals surface area (Å²) in [5.41, 5.74) is 2.95. The lowest BCUT2D eigenvalue weighted by molar-refractivity contribution is -0.120. The van der Waals surface area contributed by atoms with Gasteiger partial charge in [0.15, 0.2) is 5.16 Å². The zero-order valence-corrected chi connectivity index (χ0v) is 18.7. The second-order valence-corrected chi connectivity index (χ2v) is 9.38. The van der Waals surface area contributed by atoms with Gasteiger partial charge in [0.25, 0.3) is 5.56 Å². The maximum absolute atomic E-state index is 13.4. The molecule has 29 heavy (non-hydrogen) atoms. The molecule has 1 unspecified atom stereocenters. The van der Waals surface area contributed by atoms with Gasteiger partial charge in [-0.2, -0.15) is 0 Å². The molecule has 0 aliphatic rings. The van der Waals surface area contributed by atoms with E-state index in [-0.39, 0.29) is 22.8 Å². The highest BCUT2D eigenvalue weighted by molar-refractivity contribution is 8.00. The summed E-state index contributed by atoms with van der Waals surface area (Å²) < 4.78 is 1.60. The Morgan fingerprint density at radius 2 is 2.00 bits per heavy atom. The number of rotatable bonds is 7. The summed E-state index contributed by atoms with van der Waals surface area (Å²) in [5.74, 6) is -0.0731. The SMILES string of the molecule is C=CCn1c(SC(C)C(=O)NC(C)C)nc2scc(-c3ccc(C)cc3)c2c1=O. The van der Waals surface area contributed by atoms with Gasteiger partial charge in [0.1, 0.15) is 4.83 Å². The number of hydrogen-bond acceptors (Lipinski definition) is 5. The molecule has 152 valence electrons. The van der Waals surface area contributed by atoms with Crippen molar-refractivity contribution >= 4 is 39.2 Å². The highest BCUT2D eigenvalue weighted by Crippen LogP contribution is 2.33. The van der Waals surface area contributed by atoms with Gasteiger partial charge in [-0.1, -0.05) is 47.7 Å². The lowest BCUT2D eigenvalue weighted by Gasteiger charge is -2.16. The predicted octanol–water partition coefficient (Wildman–Crippen LogP) is 4.62. The van der Waals surface area contributed by atoms with Gasteiger partial charge in [-0.3, -0.25) is 14.2 Å². The van der Waals surface area contributed by atoms with Crippen molar-refractivity contribution in [2.45, 2.75) is 50.7 Å². The molecule has 1 atom stereocenters. The molecule has 0 fully saturated rings. The second-order valence-electron chi connectivity index (χ2n) is 7.22. The van der Waals surface area contributed by atoms with Crippen molar-refractivity contribution in [3.8, 4) is 11.1 Å². The highest BCUT2D eigenvalue weighted by atomic mass is 32.2. The largest absolute Gasteiger partial charge is 0.353 e. The van der Waals surface area contributed by atoms with Gasteiger partial charge >= 0.3 is 0 Å². The average molecular weight is 428 g/mol. The van der Waals surface area contributed by atoms with Crippen LogP contribution in [0.25, 0.3) is 21.3 Å². The predicted molar refractivity (Wildman–Crippen MR) is 123 cm³/mol. The third kappa shape index (κ3) is 4.62. The third-order valence-corrected chi connectivity index (χ3v) is 6.38. The van der Waals surface area contributed by atoms with Crippen LogP contribution < -0.4 is 10.9 Å². The van der Waals surface area contributed by atoms with Gasteiger partial charge < -0.3 is 5.32 Å². The van der Waals surface area contributed by atoms with E-state index in [2.05, 4.69) is 11.9 Å². The first-order valence-corrected chi connectivity index (χ1v) is 11.2. The number of carbonyl (C=O) groups excluding carboxylic acids is 1. The Kier molecular flexibility index (Phi) is 6.59. The number of thiophene rings is 1. The summed E-state index contributed by atoms with van der Waals surface area (Å²) in [6.07, 6.45) is 1.68. The Morgan fingerprint density at radius 3 is 2.62 bits per heavy atom. The van der Waals surface area contributed by atoms with E-state index in [0.717, 1.165) is 11.1 Å². The third-order valence-electron chi connectivity index (χ3n) is 4.42. The number of amides is 1. The molecule has 2 heterocycles. The minimum Gasteiger partial charge on any atom is -0.353 e. The van der Waals surface area contributed by atoms with Gasteiger partial charge in [-0.25, -0.2) is 4.98 Å². The van der Waals surface area contributed by atoms with Crippen molar-refractivity contribution in [3.63, 3.8) is 0 Å². The molecule has 0 aliphatic heterocycles. The first kappa shape index (κ1) is 21.3. The summed E-state index contributed by atoms with van der Waals surface area (Å²) in [7, 11) is 0. The van der Waals surface area contributed by atoms with Crippen LogP contribution in [0.3, 0.4) is 0 Å². The van der Waals surface area contributed by atoms with E-state index in [1.807, 2.05) is 57.3 Å². The van der Waals surface area contributed by atoms with Gasteiger partial charge in [0.05, 0.1) is 10.6 Å². The van der Waals surface area contributed by atoms with E-state index in [0.29, 0.717) is 21.9 Å². The van der Waals surface area contributed by atoms with Crippen LogP contribution in [0.15, 0.2) is 52.3 Å². The lowest BCUT2D eigenvalue weighted by Crippen LogP contribution is -2.36. The van der Waals surface area contributed by atoms with Gasteiger partial charge in [-0.05, 0) is 33.3 Å². The van der Waals surface area contributed by atoms with Crippen molar-refractivity contribution < 1.29 is 4.79 Å². The number of hydrogen-bond donors (Lipinski definition) is 1. The van der Waals surface area contributed by atoms with Crippen LogP contribution in [0.1, 0.15) is 26.3 Å². The van der Waals surface area contributed by atoms with Crippen LogP contribution in [0.2, 0.25) is 0 Å². The molecule has 3 aromatic rings. The van der Waals surface area contributed by atoms with Crippen LogP contribution in [0, 0.1) is 6.92 Å². The van der Waals surface area contributed by atoms with Crippen LogP contribution in [-0.4, -0.2) is 26.8 Å². The maximum atomic E-state index is 13.4. The van der Waals surface area contributed by atoms with E-state index in [4.69, 9.17) is 4.98 Å². The molecule has 0 radical (unpaired) electrons. The summed E-state index contributed by atoms with van der Waals surface area (Å²) in [6.45, 7) is 11.8. The number of benzene rings is 1. The van der Waals surface area contributed by atoms with Gasteiger partial charge in [0.2, 0.25) is 5.91 Å². The molecule has 0 spiro atoms. The minimum absolute atomic E-state index is 0.0609. The topological polar surface area (TPSA) is 64.0 Å². The fourth-order valence-corrected chi connectivity index (χ4v) is 4.86. The molecule has 1 aromatic carbocycles. The average Bonchev–Trinajstić information content (AvgIpc) is 3.09. The van der Waals surface area contributed by atoms with Crippen LogP contribution in [-0.2, 0) is 11.3 Å². The number of carbonyl (C=O) groups is 1. The van der Waals surface area contributed by atoms with Crippen LogP contribution >= 0.6 is 23.1 Å². The zero-order chi connectivity index (χ0) is 21.1. The fourth-order valence-electron chi connectivity index (χ4n) is 2.94. The number of aryl methyl sites for hydroxylation is 1. The Bertz CT molecular complexity index is 1100. The Morgan fingerprint density at radius 1 is 1.31 bits per heavy atom. The molecule has 1 amide bonds. The van der Waals surface area contributed by atoms with Crippen LogP contribution in [0.5, 0.6) is 0 Å². The summed E-state index contributed by atoms with van der Waals surface area (Å²) in [6, 6.07) is 8.18. The van der Waals surface area contributed by atoms with E-state index in [1.54, 1.807) is 10.6 Å². The first-order chi connectivity index (χ1) is 13.8. The quantitative estimate of drug-likeness (QED) is 0.339. The number of allylic oxidation sites excluding steroid dienone is 1. The number of thioether (sulfide) groups is 1. The van der Waals surface area contributed by atoms with E-state index >= 15 is 0 Å². The number of nitrogens with zero attached hydrogens (tertiary/aromatic N) is 2. The zero-order valence-electron chi connectivity index (χ0n) is 17.1. The molecule has 0 aliphatic carbocycles. The van der Waals surface area contributed by atoms with Crippen molar-refractivity contribution in [1.29, 1.82) is 0 Å². The summed E-state index contributed by atoms with van der Waals surface area (Å²) in [4.78, 5) is 31.1. The highest BCUT2D eigenvalue weighted by Gasteiger charge is 2.21. The molecule has 0 saturated heterocycles. The molecule has 0 saturated carbocycles.